The summed E-state index contributed by atoms with van der Waals surface area (Å²) in [5.41, 5.74) is 9.09. The summed E-state index contributed by atoms with van der Waals surface area (Å²) in [5.74, 6) is 4.53. The van der Waals surface area contributed by atoms with Crippen LogP contribution in [0.1, 0.15) is 0 Å². The zero-order valence-electron chi connectivity index (χ0n) is 21.3. The maximum absolute atomic E-state index is 6.67. The van der Waals surface area contributed by atoms with Gasteiger partial charge in [0, 0.05) is 0 Å². The fourth-order valence-corrected chi connectivity index (χ4v) is 5.96. The van der Waals surface area contributed by atoms with E-state index in [-0.39, 0.29) is 0 Å². The first-order valence-electron chi connectivity index (χ1n) is 13.3. The minimum Gasteiger partial charge on any atom is -0.453 e. The van der Waals surface area contributed by atoms with E-state index in [2.05, 4.69) is 77.7 Å². The Morgan fingerprint density at radius 3 is 0.800 bits per heavy atom. The van der Waals surface area contributed by atoms with Crippen molar-refractivity contribution in [3.63, 3.8) is 0 Å². The Balaban J connectivity index is 1.32. The van der Waals surface area contributed by atoms with Crippen LogP contribution in [-0.2, 0) is 0 Å². The molecule has 188 valence electrons. The summed E-state index contributed by atoms with van der Waals surface area (Å²) in [4.78, 5) is 2.26. The lowest BCUT2D eigenvalue weighted by Crippen LogP contribution is -2.24. The van der Waals surface area contributed by atoms with Crippen molar-refractivity contribution in [2.24, 2.45) is 0 Å². The molecule has 0 N–H and O–H groups in total. The minimum absolute atomic E-state index is 0.755. The third kappa shape index (κ3) is 3.07. The molecule has 0 aromatic heterocycles. The summed E-state index contributed by atoms with van der Waals surface area (Å²) in [6, 6.07) is 43.6. The van der Waals surface area contributed by atoms with Gasteiger partial charge in [0.25, 0.3) is 0 Å². The van der Waals surface area contributed by atoms with Gasteiger partial charge in [-0.25, -0.2) is 0 Å². The van der Waals surface area contributed by atoms with Crippen molar-refractivity contribution in [1.29, 1.82) is 0 Å². The molecule has 4 nitrogen and oxygen atoms in total. The van der Waals surface area contributed by atoms with Crippen LogP contribution in [0.2, 0.25) is 0 Å². The van der Waals surface area contributed by atoms with E-state index in [0.717, 1.165) is 84.9 Å². The van der Waals surface area contributed by atoms with Gasteiger partial charge in [0.05, 0.1) is 0 Å². The van der Waals surface area contributed by atoms with Gasteiger partial charge in [-0.1, -0.05) is 91.0 Å². The second kappa shape index (κ2) is 8.01. The molecule has 4 heteroatoms. The number of rotatable bonds is 3. The zero-order chi connectivity index (χ0) is 26.2. The molecule has 0 bridgehead atoms. The van der Waals surface area contributed by atoms with Crippen LogP contribution < -0.4 is 19.1 Å². The van der Waals surface area contributed by atoms with Crippen molar-refractivity contribution in [2.75, 3.05) is 4.90 Å². The van der Waals surface area contributed by atoms with Gasteiger partial charge in [0.2, 0.25) is 0 Å². The predicted octanol–water partition coefficient (Wildman–Crippen LogP) is 10.5. The number of ether oxygens (including phenoxy) is 3. The molecule has 0 spiro atoms. The van der Waals surface area contributed by atoms with Gasteiger partial charge in [-0.2, -0.15) is 0 Å². The fourth-order valence-electron chi connectivity index (χ4n) is 5.96. The second-order valence-corrected chi connectivity index (χ2v) is 10.2. The third-order valence-corrected chi connectivity index (χ3v) is 7.77. The molecular weight excluding hydrogens is 494 g/mol. The molecule has 0 amide bonds. The highest BCUT2D eigenvalue weighted by molar-refractivity contribution is 6.02. The number of hydrogen-bond donors (Lipinski definition) is 0. The van der Waals surface area contributed by atoms with E-state index in [1.54, 1.807) is 0 Å². The average Bonchev–Trinajstić information content (AvgIpc) is 3.01. The molecule has 0 aliphatic carbocycles. The van der Waals surface area contributed by atoms with Crippen molar-refractivity contribution in [1.82, 2.24) is 0 Å². The highest BCUT2D eigenvalue weighted by atomic mass is 16.5. The standard InChI is InChI=1S/C36H21NO3/c1-4-10-22(11-5-1)25-16-28-34-29(17-25)39-31-19-27(24-14-8-3-9-15-24)21-33-36(31)37(34)35-30(38-28)18-26(20-32(35)40-33)23-12-6-2-7-13-23/h1-21H. The smallest absolute Gasteiger partial charge is 0.156 e. The molecule has 0 fully saturated rings. The zero-order valence-corrected chi connectivity index (χ0v) is 21.3. The highest BCUT2D eigenvalue weighted by Crippen LogP contribution is 2.68. The lowest BCUT2D eigenvalue weighted by molar-refractivity contribution is 0.418. The van der Waals surface area contributed by atoms with E-state index in [9.17, 15) is 0 Å². The largest absolute Gasteiger partial charge is 0.453 e. The Labute approximate surface area is 231 Å². The van der Waals surface area contributed by atoms with Crippen LogP contribution in [0.3, 0.4) is 0 Å². The summed E-state index contributed by atoms with van der Waals surface area (Å²) in [5, 5.41) is 0. The van der Waals surface area contributed by atoms with Crippen molar-refractivity contribution >= 4 is 17.1 Å². The maximum Gasteiger partial charge on any atom is 0.156 e. The average molecular weight is 516 g/mol. The van der Waals surface area contributed by atoms with Gasteiger partial charge in [-0.3, -0.25) is 4.90 Å². The SMILES string of the molecule is c1ccc(-c2cc3c4c(c2)Oc2cc(-c5ccccc5)cc5c2N4c2c(cc(-c4ccccc4)cc2O5)O3)cc1. The van der Waals surface area contributed by atoms with E-state index < -0.39 is 0 Å². The third-order valence-electron chi connectivity index (χ3n) is 7.77. The molecule has 3 aliphatic rings. The summed E-state index contributed by atoms with van der Waals surface area (Å²) in [6.45, 7) is 0. The minimum atomic E-state index is 0.755. The first-order chi connectivity index (χ1) is 19.8. The molecular formula is C36H21NO3. The Morgan fingerprint density at radius 2 is 0.550 bits per heavy atom. The molecule has 6 aromatic rings. The number of hydrogen-bond acceptors (Lipinski definition) is 4. The summed E-state index contributed by atoms with van der Waals surface area (Å²) in [6.07, 6.45) is 0. The van der Waals surface area contributed by atoms with Gasteiger partial charge in [0.15, 0.2) is 34.5 Å². The Bertz CT molecular complexity index is 1670. The molecule has 0 saturated heterocycles. The molecule has 6 aromatic carbocycles. The van der Waals surface area contributed by atoms with E-state index in [1.165, 1.54) is 0 Å². The quantitative estimate of drug-likeness (QED) is 0.234. The van der Waals surface area contributed by atoms with Crippen LogP contribution in [0.4, 0.5) is 17.1 Å². The number of anilines is 3. The van der Waals surface area contributed by atoms with E-state index in [4.69, 9.17) is 14.2 Å². The Morgan fingerprint density at radius 1 is 0.300 bits per heavy atom. The lowest BCUT2D eigenvalue weighted by atomic mass is 9.96. The molecule has 0 saturated carbocycles. The van der Waals surface area contributed by atoms with Crippen LogP contribution in [0, 0.1) is 0 Å². The van der Waals surface area contributed by atoms with E-state index >= 15 is 0 Å². The monoisotopic (exact) mass is 515 g/mol. The predicted molar refractivity (Wildman–Crippen MR) is 158 cm³/mol. The lowest BCUT2D eigenvalue weighted by Gasteiger charge is -2.42. The molecule has 9 rings (SSSR count). The van der Waals surface area contributed by atoms with Crippen LogP contribution in [0.15, 0.2) is 127 Å². The summed E-state index contributed by atoms with van der Waals surface area (Å²) >= 11 is 0. The first kappa shape index (κ1) is 21.5. The van der Waals surface area contributed by atoms with Crippen molar-refractivity contribution in [2.45, 2.75) is 0 Å². The van der Waals surface area contributed by atoms with Crippen LogP contribution >= 0.6 is 0 Å². The van der Waals surface area contributed by atoms with Gasteiger partial charge in [0.1, 0.15) is 17.1 Å². The molecule has 40 heavy (non-hydrogen) atoms. The summed E-state index contributed by atoms with van der Waals surface area (Å²) in [7, 11) is 0. The Hall–Kier alpha value is -5.48. The van der Waals surface area contributed by atoms with Gasteiger partial charge in [-0.05, 0) is 69.8 Å². The summed E-state index contributed by atoms with van der Waals surface area (Å²) < 4.78 is 20.0. The van der Waals surface area contributed by atoms with Crippen LogP contribution in [0.5, 0.6) is 34.5 Å². The van der Waals surface area contributed by atoms with Gasteiger partial charge >= 0.3 is 0 Å². The molecule has 3 aliphatic heterocycles. The van der Waals surface area contributed by atoms with Crippen molar-refractivity contribution in [3.8, 4) is 67.9 Å². The van der Waals surface area contributed by atoms with Gasteiger partial charge in [-0.15, -0.1) is 0 Å². The van der Waals surface area contributed by atoms with E-state index in [0.29, 0.717) is 0 Å². The van der Waals surface area contributed by atoms with Gasteiger partial charge < -0.3 is 14.2 Å². The highest BCUT2D eigenvalue weighted by Gasteiger charge is 2.42. The van der Waals surface area contributed by atoms with Crippen LogP contribution in [-0.4, -0.2) is 0 Å². The van der Waals surface area contributed by atoms with Crippen molar-refractivity contribution < 1.29 is 14.2 Å². The normalized spacial score (nSPS) is 13.1. The van der Waals surface area contributed by atoms with Crippen molar-refractivity contribution in [3.05, 3.63) is 127 Å². The molecule has 3 heterocycles. The van der Waals surface area contributed by atoms with Crippen LogP contribution in [0.25, 0.3) is 33.4 Å². The second-order valence-electron chi connectivity index (χ2n) is 10.2. The Kier molecular flexibility index (Phi) is 4.30. The van der Waals surface area contributed by atoms with E-state index in [1.807, 2.05) is 54.6 Å². The maximum atomic E-state index is 6.67. The fraction of sp³-hybridized carbons (Fsp3) is 0. The number of benzene rings is 6. The topological polar surface area (TPSA) is 30.9 Å². The molecule has 0 atom stereocenters. The number of nitrogens with zero attached hydrogens (tertiary/aromatic N) is 1. The first-order valence-corrected chi connectivity index (χ1v) is 13.3. The molecule has 0 unspecified atom stereocenters. The molecule has 0 radical (unpaired) electrons.